The van der Waals surface area contributed by atoms with Crippen LogP contribution in [-0.2, 0) is 0 Å². The van der Waals surface area contributed by atoms with Crippen molar-refractivity contribution in [2.24, 2.45) is 11.5 Å². The Hall–Kier alpha value is -4.57. The minimum Gasteiger partial charge on any atom is -0.384 e. The molecule has 160 valence electrons. The average Bonchev–Trinajstić information content (AvgIpc) is 3.52. The van der Waals surface area contributed by atoms with Crippen LogP contribution in [0.3, 0.4) is 0 Å². The summed E-state index contributed by atoms with van der Waals surface area (Å²) in [5.41, 5.74) is 17.6. The molecule has 8 N–H and O–H groups in total. The molecular formula is C23H17N9S. The lowest BCUT2D eigenvalue weighted by Crippen LogP contribution is -2.10. The van der Waals surface area contributed by atoms with Gasteiger partial charge in [-0.25, -0.2) is 15.0 Å². The maximum Gasteiger partial charge on any atom is 0.167 e. The predicted octanol–water partition coefficient (Wildman–Crippen LogP) is 3.95. The zero-order chi connectivity index (χ0) is 22.7. The molecule has 33 heavy (non-hydrogen) atoms. The topological polar surface area (TPSA) is 170 Å². The number of imidazole rings is 2. The van der Waals surface area contributed by atoms with Gasteiger partial charge in [-0.15, -0.1) is 11.3 Å². The predicted molar refractivity (Wildman–Crippen MR) is 132 cm³/mol. The quantitative estimate of drug-likeness (QED) is 0.176. The van der Waals surface area contributed by atoms with Crippen LogP contribution >= 0.6 is 11.3 Å². The van der Waals surface area contributed by atoms with E-state index in [1.807, 2.05) is 36.4 Å². The van der Waals surface area contributed by atoms with Crippen molar-refractivity contribution in [1.29, 1.82) is 10.8 Å². The van der Waals surface area contributed by atoms with E-state index < -0.39 is 0 Å². The number of nitrogens with two attached hydrogens (primary N) is 2. The van der Waals surface area contributed by atoms with Crippen molar-refractivity contribution in [2.75, 3.05) is 0 Å². The molecule has 0 saturated carbocycles. The number of nitrogen functional groups attached to an aromatic ring is 2. The first-order valence-electron chi connectivity index (χ1n) is 10.0. The van der Waals surface area contributed by atoms with Crippen LogP contribution in [0.1, 0.15) is 11.1 Å². The second-order valence-electron chi connectivity index (χ2n) is 7.66. The highest BCUT2D eigenvalue weighted by Gasteiger charge is 2.14. The minimum atomic E-state index is 0.0173. The van der Waals surface area contributed by atoms with Crippen molar-refractivity contribution in [1.82, 2.24) is 24.9 Å². The lowest BCUT2D eigenvalue weighted by Gasteiger charge is -1.96. The highest BCUT2D eigenvalue weighted by Crippen LogP contribution is 2.33. The fourth-order valence-electron chi connectivity index (χ4n) is 3.77. The molecule has 0 aliphatic carbocycles. The highest BCUT2D eigenvalue weighted by molar-refractivity contribution is 7.21. The van der Waals surface area contributed by atoms with Crippen LogP contribution in [0.25, 0.3) is 54.5 Å². The van der Waals surface area contributed by atoms with Gasteiger partial charge in [-0.3, -0.25) is 10.8 Å². The molecule has 3 heterocycles. The van der Waals surface area contributed by atoms with Crippen LogP contribution in [0.4, 0.5) is 0 Å². The van der Waals surface area contributed by atoms with Gasteiger partial charge in [-0.1, -0.05) is 0 Å². The molecule has 0 atom stereocenters. The van der Waals surface area contributed by atoms with Crippen LogP contribution in [0.2, 0.25) is 0 Å². The minimum absolute atomic E-state index is 0.0173. The van der Waals surface area contributed by atoms with E-state index >= 15 is 0 Å². The van der Waals surface area contributed by atoms with E-state index in [1.165, 1.54) is 0 Å². The third kappa shape index (κ3) is 3.20. The Morgan fingerprint density at radius 1 is 0.697 bits per heavy atom. The Balaban J connectivity index is 1.39. The third-order valence-electron chi connectivity index (χ3n) is 5.45. The fourth-order valence-corrected chi connectivity index (χ4v) is 4.72. The fraction of sp³-hybridized carbons (Fsp3) is 0. The number of hydrogen-bond acceptors (Lipinski definition) is 6. The van der Waals surface area contributed by atoms with Crippen LogP contribution < -0.4 is 11.5 Å². The molecule has 6 aromatic rings. The summed E-state index contributed by atoms with van der Waals surface area (Å²) >= 11 is 1.54. The molecule has 0 bridgehead atoms. The van der Waals surface area contributed by atoms with Gasteiger partial charge < -0.3 is 21.4 Å². The van der Waals surface area contributed by atoms with Crippen molar-refractivity contribution < 1.29 is 0 Å². The van der Waals surface area contributed by atoms with E-state index in [1.54, 1.807) is 23.5 Å². The van der Waals surface area contributed by atoms with Crippen molar-refractivity contribution in [2.45, 2.75) is 0 Å². The summed E-state index contributed by atoms with van der Waals surface area (Å²) in [6, 6.07) is 16.9. The van der Waals surface area contributed by atoms with Crippen molar-refractivity contribution >= 4 is 55.3 Å². The number of amidine groups is 2. The van der Waals surface area contributed by atoms with Crippen LogP contribution in [0.5, 0.6) is 0 Å². The van der Waals surface area contributed by atoms with E-state index in [4.69, 9.17) is 27.3 Å². The number of benzene rings is 3. The highest BCUT2D eigenvalue weighted by atomic mass is 32.1. The zero-order valence-corrected chi connectivity index (χ0v) is 17.9. The molecule has 0 radical (unpaired) electrons. The van der Waals surface area contributed by atoms with Gasteiger partial charge in [-0.05, 0) is 54.6 Å². The standard InChI is InChI=1S/C23H17N9S/c24-19(25)10-1-4-13-16(7-10)30-21(28-13)12-3-6-15-18(9-12)33-23(32-15)22-29-14-5-2-11(20(26)27)8-17(14)31-22/h1-9H,(H3,24,25)(H3,26,27)(H,28,30)(H,29,31). The number of fused-ring (bicyclic) bond motifs is 3. The van der Waals surface area contributed by atoms with Gasteiger partial charge in [0, 0.05) is 16.7 Å². The summed E-state index contributed by atoms with van der Waals surface area (Å²) in [5, 5.41) is 16.0. The summed E-state index contributed by atoms with van der Waals surface area (Å²) in [5.74, 6) is 1.45. The first kappa shape index (κ1) is 19.1. The van der Waals surface area contributed by atoms with Gasteiger partial charge in [-0.2, -0.15) is 0 Å². The molecule has 9 nitrogen and oxygen atoms in total. The number of aromatic amines is 2. The second-order valence-corrected chi connectivity index (χ2v) is 8.69. The van der Waals surface area contributed by atoms with E-state index in [2.05, 4.69) is 26.0 Å². The lowest BCUT2D eigenvalue weighted by atomic mass is 10.2. The summed E-state index contributed by atoms with van der Waals surface area (Å²) in [6.07, 6.45) is 0. The number of thiazole rings is 1. The Labute approximate surface area is 190 Å². The number of nitrogens with one attached hydrogen (secondary N) is 4. The average molecular weight is 452 g/mol. The molecule has 0 saturated heterocycles. The SMILES string of the molecule is N=C(N)c1ccc2nc(-c3ccc4nc(-c5nc6ccc(C(=N)N)cc6[nH]5)sc4c3)[nH]c2c1. The van der Waals surface area contributed by atoms with E-state index in [0.717, 1.165) is 48.7 Å². The molecule has 10 heteroatoms. The van der Waals surface area contributed by atoms with Crippen LogP contribution in [0, 0.1) is 10.8 Å². The van der Waals surface area contributed by atoms with Crippen LogP contribution in [0.15, 0.2) is 54.6 Å². The molecule has 0 fully saturated rings. The molecule has 0 aliphatic heterocycles. The second kappa shape index (κ2) is 6.97. The largest absolute Gasteiger partial charge is 0.384 e. The van der Waals surface area contributed by atoms with Gasteiger partial charge in [0.1, 0.15) is 17.5 Å². The normalized spacial score (nSPS) is 11.5. The number of hydrogen-bond donors (Lipinski definition) is 6. The van der Waals surface area contributed by atoms with Crippen molar-refractivity contribution in [3.8, 4) is 22.2 Å². The van der Waals surface area contributed by atoms with E-state index in [0.29, 0.717) is 17.0 Å². The van der Waals surface area contributed by atoms with Crippen LogP contribution in [-0.4, -0.2) is 36.6 Å². The van der Waals surface area contributed by atoms with Gasteiger partial charge in [0.15, 0.2) is 10.8 Å². The Bertz CT molecular complexity index is 1650. The lowest BCUT2D eigenvalue weighted by molar-refractivity contribution is 1.31. The van der Waals surface area contributed by atoms with Crippen molar-refractivity contribution in [3.63, 3.8) is 0 Å². The summed E-state index contributed by atoms with van der Waals surface area (Å²) < 4.78 is 1.01. The van der Waals surface area contributed by atoms with Gasteiger partial charge >= 0.3 is 0 Å². The molecule has 3 aromatic carbocycles. The molecule has 0 amide bonds. The molecular weight excluding hydrogens is 434 g/mol. The molecule has 0 spiro atoms. The third-order valence-corrected chi connectivity index (χ3v) is 6.48. The summed E-state index contributed by atoms with van der Waals surface area (Å²) in [4.78, 5) is 20.7. The number of aromatic nitrogens is 5. The maximum atomic E-state index is 7.62. The maximum absolute atomic E-state index is 7.62. The van der Waals surface area contributed by atoms with Gasteiger partial charge in [0.05, 0.1) is 32.3 Å². The summed E-state index contributed by atoms with van der Waals surface area (Å²) in [7, 11) is 0. The molecule has 3 aromatic heterocycles. The van der Waals surface area contributed by atoms with Crippen molar-refractivity contribution in [3.05, 3.63) is 65.7 Å². The number of rotatable bonds is 4. The smallest absolute Gasteiger partial charge is 0.167 e. The number of nitrogens with zero attached hydrogens (tertiary/aromatic N) is 3. The Morgan fingerprint density at radius 3 is 1.91 bits per heavy atom. The first-order valence-corrected chi connectivity index (χ1v) is 10.9. The monoisotopic (exact) mass is 451 g/mol. The van der Waals surface area contributed by atoms with E-state index in [9.17, 15) is 0 Å². The number of H-pyrrole nitrogens is 2. The Morgan fingerprint density at radius 2 is 1.27 bits per heavy atom. The Kier molecular flexibility index (Phi) is 4.04. The molecule has 0 aliphatic rings. The van der Waals surface area contributed by atoms with Gasteiger partial charge in [0.25, 0.3) is 0 Å². The summed E-state index contributed by atoms with van der Waals surface area (Å²) in [6.45, 7) is 0. The molecule has 0 unspecified atom stereocenters. The first-order chi connectivity index (χ1) is 15.9. The van der Waals surface area contributed by atoms with Gasteiger partial charge in [0.2, 0.25) is 0 Å². The molecule has 6 rings (SSSR count). The zero-order valence-electron chi connectivity index (χ0n) is 17.1. The van der Waals surface area contributed by atoms with E-state index in [-0.39, 0.29) is 11.7 Å².